The lowest BCUT2D eigenvalue weighted by Crippen LogP contribution is -2.37. The molecule has 4 atom stereocenters. The van der Waals surface area contributed by atoms with Crippen LogP contribution in [0.3, 0.4) is 0 Å². The van der Waals surface area contributed by atoms with Crippen molar-refractivity contribution in [3.05, 3.63) is 68.6 Å². The first-order valence-electron chi connectivity index (χ1n) is 7.67. The molecule has 0 radical (unpaired) electrons. The number of hydrogen-bond donors (Lipinski definition) is 0. The highest BCUT2D eigenvalue weighted by Gasteiger charge is 2.41. The molecule has 1 fully saturated rings. The summed E-state index contributed by atoms with van der Waals surface area (Å²) in [5.41, 5.74) is 2.09. The maximum Gasteiger partial charge on any atom is 0.144 e. The minimum absolute atomic E-state index is 0.141. The zero-order valence-corrected chi connectivity index (χ0v) is 16.2. The fourth-order valence-electron chi connectivity index (χ4n) is 3.15. The van der Waals surface area contributed by atoms with Crippen LogP contribution in [-0.4, -0.2) is 5.78 Å². The summed E-state index contributed by atoms with van der Waals surface area (Å²) in [6.07, 6.45) is -0.416. The summed E-state index contributed by atoms with van der Waals surface area (Å²) in [6.45, 7) is 3.92. The van der Waals surface area contributed by atoms with E-state index in [0.717, 1.165) is 20.1 Å². The molecule has 4 unspecified atom stereocenters. The van der Waals surface area contributed by atoms with Gasteiger partial charge in [0.25, 0.3) is 0 Å². The van der Waals surface area contributed by atoms with Gasteiger partial charge in [-0.05, 0) is 35.4 Å². The van der Waals surface area contributed by atoms with Crippen LogP contribution in [0.25, 0.3) is 0 Å². The number of ether oxygens (including phenoxy) is 1. The standard InChI is InChI=1S/C19H18Br2O2/c1-11-17(22)12(2)19(14-5-9-16(21)10-6-14)23-18(11)13-3-7-15(20)8-4-13/h3-12,18-19H,1-2H3. The van der Waals surface area contributed by atoms with Crippen LogP contribution in [0, 0.1) is 11.8 Å². The molecule has 0 N–H and O–H groups in total. The maximum absolute atomic E-state index is 12.7. The van der Waals surface area contributed by atoms with Gasteiger partial charge in [0.05, 0.1) is 12.2 Å². The summed E-state index contributed by atoms with van der Waals surface area (Å²) in [7, 11) is 0. The van der Waals surface area contributed by atoms with Crippen LogP contribution >= 0.6 is 31.9 Å². The highest BCUT2D eigenvalue weighted by atomic mass is 79.9. The number of halogens is 2. The third kappa shape index (κ3) is 3.44. The van der Waals surface area contributed by atoms with Crippen LogP contribution < -0.4 is 0 Å². The van der Waals surface area contributed by atoms with E-state index < -0.39 is 0 Å². The number of carbonyl (C=O) groups is 1. The second kappa shape index (κ2) is 6.88. The second-order valence-electron chi connectivity index (χ2n) is 6.06. The fourth-order valence-corrected chi connectivity index (χ4v) is 3.67. The van der Waals surface area contributed by atoms with Gasteiger partial charge in [0.15, 0.2) is 0 Å². The lowest BCUT2D eigenvalue weighted by Gasteiger charge is -2.38. The van der Waals surface area contributed by atoms with Crippen LogP contribution in [0.15, 0.2) is 57.5 Å². The zero-order chi connectivity index (χ0) is 16.6. The molecular formula is C19H18Br2O2. The normalized spacial score (nSPS) is 27.9. The van der Waals surface area contributed by atoms with Crippen LogP contribution in [0.5, 0.6) is 0 Å². The number of hydrogen-bond acceptors (Lipinski definition) is 2. The molecule has 0 saturated carbocycles. The molecule has 0 aromatic heterocycles. The van der Waals surface area contributed by atoms with Crippen molar-refractivity contribution in [2.75, 3.05) is 0 Å². The van der Waals surface area contributed by atoms with Gasteiger partial charge in [-0.2, -0.15) is 0 Å². The summed E-state index contributed by atoms with van der Waals surface area (Å²) in [5, 5.41) is 0. The van der Waals surface area contributed by atoms with Crippen molar-refractivity contribution in [2.45, 2.75) is 26.1 Å². The SMILES string of the molecule is CC1C(=O)C(C)C(c2ccc(Br)cc2)OC1c1ccc(Br)cc1. The van der Waals surface area contributed by atoms with Gasteiger partial charge in [-0.25, -0.2) is 0 Å². The molecule has 0 aliphatic carbocycles. The van der Waals surface area contributed by atoms with E-state index in [0.29, 0.717) is 0 Å². The molecule has 23 heavy (non-hydrogen) atoms. The number of ketones is 1. The first-order valence-corrected chi connectivity index (χ1v) is 9.26. The third-order valence-electron chi connectivity index (χ3n) is 4.50. The zero-order valence-electron chi connectivity index (χ0n) is 13.0. The summed E-state index contributed by atoms with van der Waals surface area (Å²) in [6, 6.07) is 16.0. The molecule has 1 saturated heterocycles. The lowest BCUT2D eigenvalue weighted by atomic mass is 9.80. The predicted molar refractivity (Wildman–Crippen MR) is 98.2 cm³/mol. The molecule has 0 amide bonds. The van der Waals surface area contributed by atoms with Crippen molar-refractivity contribution in [3.8, 4) is 0 Å². The first-order chi connectivity index (χ1) is 11.0. The highest BCUT2D eigenvalue weighted by Crippen LogP contribution is 2.43. The first kappa shape index (κ1) is 16.9. The summed E-state index contributed by atoms with van der Waals surface area (Å²) in [4.78, 5) is 12.7. The summed E-state index contributed by atoms with van der Waals surface area (Å²) < 4.78 is 8.43. The Kier molecular flexibility index (Phi) is 5.04. The Labute approximate surface area is 153 Å². The van der Waals surface area contributed by atoms with Gasteiger partial charge in [0.2, 0.25) is 0 Å². The molecule has 120 valence electrons. The summed E-state index contributed by atoms with van der Waals surface area (Å²) in [5.74, 6) is -0.0205. The largest absolute Gasteiger partial charge is 0.364 e. The Morgan fingerprint density at radius 2 is 1.09 bits per heavy atom. The summed E-state index contributed by atoms with van der Waals surface area (Å²) >= 11 is 6.90. The topological polar surface area (TPSA) is 26.3 Å². The van der Waals surface area contributed by atoms with Gasteiger partial charge >= 0.3 is 0 Å². The van der Waals surface area contributed by atoms with Gasteiger partial charge < -0.3 is 4.74 Å². The molecular weight excluding hydrogens is 420 g/mol. The van der Waals surface area contributed by atoms with Crippen LogP contribution in [-0.2, 0) is 9.53 Å². The third-order valence-corrected chi connectivity index (χ3v) is 5.55. The van der Waals surface area contributed by atoms with Crippen molar-refractivity contribution in [3.63, 3.8) is 0 Å². The van der Waals surface area contributed by atoms with Gasteiger partial charge in [0.1, 0.15) is 5.78 Å². The molecule has 2 nitrogen and oxygen atoms in total. The van der Waals surface area contributed by atoms with Crippen LogP contribution in [0.2, 0.25) is 0 Å². The molecule has 1 heterocycles. The Hall–Kier alpha value is -0.970. The minimum Gasteiger partial charge on any atom is -0.364 e. The molecule has 2 aromatic rings. The molecule has 3 rings (SSSR count). The van der Waals surface area contributed by atoms with E-state index >= 15 is 0 Å². The highest BCUT2D eigenvalue weighted by molar-refractivity contribution is 9.10. The average molecular weight is 438 g/mol. The fraction of sp³-hybridized carbons (Fsp3) is 0.316. The Morgan fingerprint density at radius 3 is 1.43 bits per heavy atom. The second-order valence-corrected chi connectivity index (χ2v) is 7.89. The maximum atomic E-state index is 12.7. The van der Waals surface area contributed by atoms with E-state index in [2.05, 4.69) is 31.9 Å². The van der Waals surface area contributed by atoms with Gasteiger partial charge in [0, 0.05) is 20.8 Å². The van der Waals surface area contributed by atoms with Gasteiger partial charge in [-0.1, -0.05) is 70.0 Å². The molecule has 0 spiro atoms. The van der Waals surface area contributed by atoms with Crippen LogP contribution in [0.4, 0.5) is 0 Å². The van der Waals surface area contributed by atoms with Crippen molar-refractivity contribution in [1.29, 1.82) is 0 Å². The van der Waals surface area contributed by atoms with E-state index in [-0.39, 0.29) is 29.8 Å². The Morgan fingerprint density at radius 1 is 0.739 bits per heavy atom. The monoisotopic (exact) mass is 436 g/mol. The number of carbonyl (C=O) groups excluding carboxylic acids is 1. The van der Waals surface area contributed by atoms with Crippen LogP contribution in [0.1, 0.15) is 37.2 Å². The van der Waals surface area contributed by atoms with Crippen molar-refractivity contribution in [1.82, 2.24) is 0 Å². The van der Waals surface area contributed by atoms with Gasteiger partial charge in [-0.3, -0.25) is 4.79 Å². The van der Waals surface area contributed by atoms with Crippen molar-refractivity contribution in [2.24, 2.45) is 11.8 Å². The molecule has 1 aliphatic heterocycles. The smallest absolute Gasteiger partial charge is 0.144 e. The predicted octanol–water partition coefficient (Wildman–Crippen LogP) is 5.87. The average Bonchev–Trinajstić information content (AvgIpc) is 2.55. The van der Waals surface area contributed by atoms with Crippen molar-refractivity contribution < 1.29 is 9.53 Å². The molecule has 0 bridgehead atoms. The Bertz CT molecular complexity index is 635. The van der Waals surface area contributed by atoms with E-state index in [4.69, 9.17) is 4.74 Å². The molecule has 2 aromatic carbocycles. The number of benzene rings is 2. The van der Waals surface area contributed by atoms with E-state index in [1.54, 1.807) is 0 Å². The van der Waals surface area contributed by atoms with Gasteiger partial charge in [-0.15, -0.1) is 0 Å². The quantitative estimate of drug-likeness (QED) is 0.587. The van der Waals surface area contributed by atoms with Crippen molar-refractivity contribution >= 4 is 37.6 Å². The van der Waals surface area contributed by atoms with E-state index in [1.807, 2.05) is 62.4 Å². The molecule has 1 aliphatic rings. The van der Waals surface area contributed by atoms with E-state index in [9.17, 15) is 4.79 Å². The minimum atomic E-state index is -0.208. The van der Waals surface area contributed by atoms with E-state index in [1.165, 1.54) is 0 Å². The number of Topliss-reactive ketones (excluding diaryl/α,β-unsaturated/α-hetero) is 1. The lowest BCUT2D eigenvalue weighted by molar-refractivity contribution is -0.157. The Balaban J connectivity index is 1.94. The number of rotatable bonds is 2. The molecule has 4 heteroatoms.